The maximum absolute atomic E-state index is 13.2. The first kappa shape index (κ1) is 17.6. The van der Waals surface area contributed by atoms with Gasteiger partial charge in [0.15, 0.2) is 11.6 Å². The first-order valence-electron chi connectivity index (χ1n) is 7.06. The molecule has 0 aliphatic heterocycles. The van der Waals surface area contributed by atoms with Gasteiger partial charge in [-0.3, -0.25) is 4.79 Å². The van der Waals surface area contributed by atoms with Crippen LogP contribution in [0.25, 0.3) is 0 Å². The van der Waals surface area contributed by atoms with Crippen LogP contribution in [-0.2, 0) is 17.8 Å². The summed E-state index contributed by atoms with van der Waals surface area (Å²) in [5, 5.41) is 0. The molecule has 2 rings (SSSR count). The second kappa shape index (κ2) is 8.22. The Balaban J connectivity index is 1.97. The highest BCUT2D eigenvalue weighted by Crippen LogP contribution is 2.23. The number of nitrogens with zero attached hydrogens (tertiary/aromatic N) is 1. The molecular formula is C17H16ClF2NOS. The van der Waals surface area contributed by atoms with Crippen molar-refractivity contribution in [2.24, 2.45) is 0 Å². The topological polar surface area (TPSA) is 20.3 Å². The molecule has 2 aromatic rings. The molecule has 1 aromatic heterocycles. The van der Waals surface area contributed by atoms with Gasteiger partial charge in [-0.2, -0.15) is 0 Å². The predicted molar refractivity (Wildman–Crippen MR) is 89.6 cm³/mol. The Hall–Kier alpha value is -1.72. The third-order valence-corrected chi connectivity index (χ3v) is 4.51. The maximum atomic E-state index is 13.2. The van der Waals surface area contributed by atoms with Crippen molar-refractivity contribution >= 4 is 28.8 Å². The lowest BCUT2D eigenvalue weighted by Crippen LogP contribution is -2.30. The number of rotatable bonds is 7. The molecule has 122 valence electrons. The number of amides is 1. The van der Waals surface area contributed by atoms with Crippen LogP contribution in [0.2, 0.25) is 4.34 Å². The fourth-order valence-corrected chi connectivity index (χ4v) is 3.24. The molecule has 0 aliphatic rings. The van der Waals surface area contributed by atoms with Gasteiger partial charge in [-0.15, -0.1) is 17.9 Å². The van der Waals surface area contributed by atoms with Crippen LogP contribution in [0.3, 0.4) is 0 Å². The average molecular weight is 356 g/mol. The molecule has 1 amide bonds. The van der Waals surface area contributed by atoms with Gasteiger partial charge in [0, 0.05) is 17.8 Å². The molecule has 0 atom stereocenters. The lowest BCUT2D eigenvalue weighted by molar-refractivity contribution is -0.131. The third kappa shape index (κ3) is 5.15. The van der Waals surface area contributed by atoms with E-state index in [2.05, 4.69) is 6.58 Å². The van der Waals surface area contributed by atoms with Crippen LogP contribution < -0.4 is 0 Å². The van der Waals surface area contributed by atoms with E-state index < -0.39 is 11.6 Å². The minimum atomic E-state index is -0.897. The van der Waals surface area contributed by atoms with Gasteiger partial charge in [-0.05, 0) is 36.2 Å². The Morgan fingerprint density at radius 1 is 1.26 bits per heavy atom. The Morgan fingerprint density at radius 3 is 2.65 bits per heavy atom. The molecule has 0 spiro atoms. The zero-order valence-corrected chi connectivity index (χ0v) is 14.0. The third-order valence-electron chi connectivity index (χ3n) is 3.29. The molecule has 23 heavy (non-hydrogen) atoms. The summed E-state index contributed by atoms with van der Waals surface area (Å²) in [5.41, 5.74) is 0.593. The van der Waals surface area contributed by atoms with Crippen molar-refractivity contribution in [2.45, 2.75) is 19.4 Å². The van der Waals surface area contributed by atoms with Crippen molar-refractivity contribution in [2.75, 3.05) is 6.54 Å². The van der Waals surface area contributed by atoms with Crippen LogP contribution in [0.5, 0.6) is 0 Å². The van der Waals surface area contributed by atoms with E-state index in [1.165, 1.54) is 17.4 Å². The summed E-state index contributed by atoms with van der Waals surface area (Å²) in [5.74, 6) is -1.85. The molecule has 0 saturated heterocycles. The van der Waals surface area contributed by atoms with Crippen molar-refractivity contribution < 1.29 is 13.6 Å². The fourth-order valence-electron chi connectivity index (χ4n) is 2.14. The molecule has 0 bridgehead atoms. The molecule has 1 aromatic carbocycles. The number of aryl methyl sites for hydroxylation is 1. The normalized spacial score (nSPS) is 10.6. The van der Waals surface area contributed by atoms with E-state index >= 15 is 0 Å². The number of hydrogen-bond donors (Lipinski definition) is 0. The summed E-state index contributed by atoms with van der Waals surface area (Å²) < 4.78 is 26.8. The average Bonchev–Trinajstić information content (AvgIpc) is 2.93. The molecule has 1 heterocycles. The number of benzene rings is 1. The predicted octanol–water partition coefficient (Wildman–Crippen LogP) is 4.83. The van der Waals surface area contributed by atoms with Crippen molar-refractivity contribution in [3.63, 3.8) is 0 Å². The molecule has 2 nitrogen and oxygen atoms in total. The summed E-state index contributed by atoms with van der Waals surface area (Å²) >= 11 is 7.32. The number of thiophene rings is 1. The zero-order chi connectivity index (χ0) is 16.8. The molecule has 0 unspecified atom stereocenters. The van der Waals surface area contributed by atoms with Crippen LogP contribution >= 0.6 is 22.9 Å². The number of halogens is 3. The number of hydrogen-bond acceptors (Lipinski definition) is 2. The Kier molecular flexibility index (Phi) is 6.30. The van der Waals surface area contributed by atoms with Crippen molar-refractivity contribution in [3.8, 4) is 0 Å². The standard InChI is InChI=1S/C17H16ClF2NOS/c1-2-9-21(11-13-5-7-16(18)23-13)17(22)8-4-12-3-6-14(19)15(20)10-12/h2-3,5-7,10H,1,4,8-9,11H2. The van der Waals surface area contributed by atoms with Crippen molar-refractivity contribution in [3.05, 3.63) is 69.4 Å². The summed E-state index contributed by atoms with van der Waals surface area (Å²) in [7, 11) is 0. The van der Waals surface area contributed by atoms with Crippen LogP contribution in [0.4, 0.5) is 8.78 Å². The molecule has 0 aliphatic carbocycles. The van der Waals surface area contributed by atoms with Gasteiger partial charge in [-0.1, -0.05) is 23.7 Å². The maximum Gasteiger partial charge on any atom is 0.223 e. The SMILES string of the molecule is C=CCN(Cc1ccc(Cl)s1)C(=O)CCc1ccc(F)c(F)c1. The molecule has 0 N–H and O–H groups in total. The lowest BCUT2D eigenvalue weighted by atomic mass is 10.1. The van der Waals surface area contributed by atoms with Crippen LogP contribution in [0.1, 0.15) is 16.9 Å². The molecule has 0 radical (unpaired) electrons. The highest BCUT2D eigenvalue weighted by atomic mass is 35.5. The van der Waals surface area contributed by atoms with Crippen molar-refractivity contribution in [1.82, 2.24) is 4.90 Å². The smallest absolute Gasteiger partial charge is 0.223 e. The summed E-state index contributed by atoms with van der Waals surface area (Å²) in [4.78, 5) is 15.0. The Morgan fingerprint density at radius 2 is 2.04 bits per heavy atom. The summed E-state index contributed by atoms with van der Waals surface area (Å²) in [6.07, 6.45) is 2.23. The minimum absolute atomic E-state index is 0.0702. The first-order valence-corrected chi connectivity index (χ1v) is 8.26. The van der Waals surface area contributed by atoms with Gasteiger partial charge in [0.2, 0.25) is 5.91 Å². The molecule has 6 heteroatoms. The number of carbonyl (C=O) groups is 1. The van der Waals surface area contributed by atoms with Crippen LogP contribution in [-0.4, -0.2) is 17.4 Å². The van der Waals surface area contributed by atoms with E-state index in [9.17, 15) is 13.6 Å². The van der Waals surface area contributed by atoms with Crippen LogP contribution in [0.15, 0.2) is 43.0 Å². The van der Waals surface area contributed by atoms with Gasteiger partial charge >= 0.3 is 0 Å². The number of carbonyl (C=O) groups excluding carboxylic acids is 1. The van der Waals surface area contributed by atoms with Gasteiger partial charge in [0.05, 0.1) is 10.9 Å². The van der Waals surface area contributed by atoms with Gasteiger partial charge in [0.1, 0.15) is 0 Å². The second-order valence-corrected chi connectivity index (χ2v) is 6.82. The molecule has 0 fully saturated rings. The van der Waals surface area contributed by atoms with Gasteiger partial charge in [-0.25, -0.2) is 8.78 Å². The van der Waals surface area contributed by atoms with Gasteiger partial charge < -0.3 is 4.90 Å². The van der Waals surface area contributed by atoms with Crippen molar-refractivity contribution in [1.29, 1.82) is 0 Å². The van der Waals surface area contributed by atoms with E-state index in [1.54, 1.807) is 17.0 Å². The molecule has 0 saturated carbocycles. The quantitative estimate of drug-likeness (QED) is 0.651. The monoisotopic (exact) mass is 355 g/mol. The van der Waals surface area contributed by atoms with E-state index in [0.29, 0.717) is 29.4 Å². The minimum Gasteiger partial charge on any atom is -0.334 e. The van der Waals surface area contributed by atoms with E-state index in [0.717, 1.165) is 17.0 Å². The van der Waals surface area contributed by atoms with E-state index in [-0.39, 0.29) is 12.3 Å². The zero-order valence-electron chi connectivity index (χ0n) is 12.4. The largest absolute Gasteiger partial charge is 0.334 e. The Labute approximate surface area is 143 Å². The fraction of sp³-hybridized carbons (Fsp3) is 0.235. The second-order valence-electron chi connectivity index (χ2n) is 5.02. The summed E-state index contributed by atoms with van der Waals surface area (Å²) in [6, 6.07) is 7.36. The molecular weight excluding hydrogens is 340 g/mol. The van der Waals surface area contributed by atoms with E-state index in [4.69, 9.17) is 11.6 Å². The highest BCUT2D eigenvalue weighted by Gasteiger charge is 2.14. The van der Waals surface area contributed by atoms with Crippen LogP contribution in [0, 0.1) is 11.6 Å². The highest BCUT2D eigenvalue weighted by molar-refractivity contribution is 7.16. The van der Waals surface area contributed by atoms with E-state index in [1.807, 2.05) is 6.07 Å². The first-order chi connectivity index (χ1) is 11.0. The summed E-state index contributed by atoms with van der Waals surface area (Å²) in [6.45, 7) is 4.54. The lowest BCUT2D eigenvalue weighted by Gasteiger charge is -2.20. The Bertz CT molecular complexity index is 702. The van der Waals surface area contributed by atoms with Gasteiger partial charge in [0.25, 0.3) is 0 Å².